The molecule has 0 aliphatic heterocycles. The molecule has 6 nitrogen and oxygen atoms in total. The van der Waals surface area contributed by atoms with Crippen LogP contribution in [0.3, 0.4) is 0 Å². The number of benzene rings is 1. The minimum atomic E-state index is -0.525. The Morgan fingerprint density at radius 3 is 2.78 bits per heavy atom. The number of nitrogens with one attached hydrogen (secondary N) is 1. The minimum Gasteiger partial charge on any atom is -0.451 e. The van der Waals surface area contributed by atoms with Crippen molar-refractivity contribution in [2.24, 2.45) is 0 Å². The Labute approximate surface area is 159 Å². The van der Waals surface area contributed by atoms with Crippen molar-refractivity contribution >= 4 is 39.8 Å². The molecule has 134 valence electrons. The number of carbonyl (C=O) groups is 2. The van der Waals surface area contributed by atoms with Gasteiger partial charge in [0.2, 0.25) is 0 Å². The first-order chi connectivity index (χ1) is 13.2. The van der Waals surface area contributed by atoms with Gasteiger partial charge in [0.25, 0.3) is 5.91 Å². The average molecular weight is 377 g/mol. The Morgan fingerprint density at radius 2 is 1.93 bits per heavy atom. The van der Waals surface area contributed by atoms with Crippen molar-refractivity contribution < 1.29 is 14.3 Å². The van der Waals surface area contributed by atoms with Gasteiger partial charge < -0.3 is 14.6 Å². The molecule has 3 aromatic heterocycles. The van der Waals surface area contributed by atoms with Crippen LogP contribution in [-0.2, 0) is 9.53 Å². The second kappa shape index (κ2) is 7.43. The van der Waals surface area contributed by atoms with E-state index in [1.54, 1.807) is 18.3 Å². The van der Waals surface area contributed by atoms with Gasteiger partial charge in [-0.2, -0.15) is 0 Å². The number of anilines is 1. The maximum atomic E-state index is 12.4. The molecule has 0 radical (unpaired) electrons. The topological polar surface area (TPSA) is 73.2 Å². The zero-order chi connectivity index (χ0) is 18.6. The first kappa shape index (κ1) is 17.0. The number of hydrogen-bond donors (Lipinski definition) is 1. The van der Waals surface area contributed by atoms with Crippen molar-refractivity contribution in [1.29, 1.82) is 0 Å². The van der Waals surface area contributed by atoms with Crippen LogP contribution in [0, 0.1) is 0 Å². The maximum absolute atomic E-state index is 12.4. The molecule has 0 saturated heterocycles. The number of carbonyl (C=O) groups excluding carboxylic acids is 2. The summed E-state index contributed by atoms with van der Waals surface area (Å²) >= 11 is 1.28. The molecule has 1 amide bonds. The first-order valence-corrected chi connectivity index (χ1v) is 9.12. The van der Waals surface area contributed by atoms with E-state index in [1.807, 2.05) is 58.7 Å². The molecule has 0 unspecified atom stereocenters. The fourth-order valence-corrected chi connectivity index (χ4v) is 3.53. The van der Waals surface area contributed by atoms with Crippen LogP contribution in [0.2, 0.25) is 0 Å². The molecule has 0 aliphatic rings. The van der Waals surface area contributed by atoms with Gasteiger partial charge in [-0.1, -0.05) is 6.07 Å². The quantitative estimate of drug-likeness (QED) is 0.536. The zero-order valence-corrected chi connectivity index (χ0v) is 15.0. The number of fused-ring (bicyclic) bond motifs is 1. The van der Waals surface area contributed by atoms with Gasteiger partial charge in [-0.15, -0.1) is 11.3 Å². The molecular formula is C20H15N3O3S. The van der Waals surface area contributed by atoms with Gasteiger partial charge in [0.15, 0.2) is 6.61 Å². The van der Waals surface area contributed by atoms with Crippen LogP contribution in [0.4, 0.5) is 5.69 Å². The van der Waals surface area contributed by atoms with Gasteiger partial charge in [0.05, 0.1) is 16.9 Å². The van der Waals surface area contributed by atoms with Crippen LogP contribution in [-0.4, -0.2) is 28.0 Å². The molecule has 0 fully saturated rings. The van der Waals surface area contributed by atoms with Crippen molar-refractivity contribution in [3.8, 4) is 5.69 Å². The second-order valence-electron chi connectivity index (χ2n) is 5.73. The molecule has 1 aromatic carbocycles. The molecule has 0 spiro atoms. The van der Waals surface area contributed by atoms with Gasteiger partial charge in [-0.05, 0) is 47.8 Å². The van der Waals surface area contributed by atoms with Crippen molar-refractivity contribution in [3.05, 3.63) is 77.4 Å². The number of esters is 1. The number of thiophene rings is 1. The van der Waals surface area contributed by atoms with Crippen LogP contribution in [0.5, 0.6) is 0 Å². The Morgan fingerprint density at radius 1 is 1.07 bits per heavy atom. The highest BCUT2D eigenvalue weighted by Gasteiger charge is 2.17. The van der Waals surface area contributed by atoms with E-state index in [2.05, 4.69) is 10.3 Å². The van der Waals surface area contributed by atoms with Crippen molar-refractivity contribution in [2.75, 3.05) is 11.9 Å². The van der Waals surface area contributed by atoms with Crippen molar-refractivity contribution in [3.63, 3.8) is 0 Å². The smallest absolute Gasteiger partial charge is 0.350 e. The summed E-state index contributed by atoms with van der Waals surface area (Å²) < 4.78 is 7.03. The SMILES string of the molecule is O=C(COC(=O)c1sccc1-n1cccc1)Nc1cccc2ncccc12. The zero-order valence-electron chi connectivity index (χ0n) is 14.2. The fourth-order valence-electron chi connectivity index (χ4n) is 2.75. The highest BCUT2D eigenvalue weighted by atomic mass is 32.1. The summed E-state index contributed by atoms with van der Waals surface area (Å²) in [6.07, 6.45) is 5.39. The monoisotopic (exact) mass is 377 g/mol. The van der Waals surface area contributed by atoms with Crippen LogP contribution >= 0.6 is 11.3 Å². The summed E-state index contributed by atoms with van der Waals surface area (Å²) in [5, 5.41) is 5.41. The fraction of sp³-hybridized carbons (Fsp3) is 0.0500. The van der Waals surface area contributed by atoms with Crippen molar-refractivity contribution in [2.45, 2.75) is 0 Å². The molecular weight excluding hydrogens is 362 g/mol. The van der Waals surface area contributed by atoms with Crippen LogP contribution in [0.1, 0.15) is 9.67 Å². The summed E-state index contributed by atoms with van der Waals surface area (Å²) in [6.45, 7) is -0.363. The van der Waals surface area contributed by atoms with E-state index in [0.717, 1.165) is 16.6 Å². The molecule has 0 aliphatic carbocycles. The molecule has 0 saturated carbocycles. The maximum Gasteiger partial charge on any atom is 0.350 e. The number of ether oxygens (including phenoxy) is 1. The number of rotatable bonds is 5. The van der Waals surface area contributed by atoms with Crippen molar-refractivity contribution in [1.82, 2.24) is 9.55 Å². The van der Waals surface area contributed by atoms with Gasteiger partial charge in [0, 0.05) is 24.0 Å². The van der Waals surface area contributed by atoms with E-state index < -0.39 is 11.9 Å². The molecule has 27 heavy (non-hydrogen) atoms. The number of pyridine rings is 1. The van der Waals surface area contributed by atoms with E-state index in [9.17, 15) is 9.59 Å². The number of hydrogen-bond acceptors (Lipinski definition) is 5. The Hall–Kier alpha value is -3.45. The van der Waals surface area contributed by atoms with E-state index >= 15 is 0 Å². The lowest BCUT2D eigenvalue weighted by molar-refractivity contribution is -0.119. The summed E-state index contributed by atoms with van der Waals surface area (Å²) in [5.74, 6) is -0.929. The Balaban J connectivity index is 1.43. The third kappa shape index (κ3) is 3.58. The van der Waals surface area contributed by atoms with Gasteiger partial charge in [0.1, 0.15) is 4.88 Å². The minimum absolute atomic E-state index is 0.363. The third-order valence-electron chi connectivity index (χ3n) is 3.97. The number of nitrogens with zero attached hydrogens (tertiary/aromatic N) is 2. The third-order valence-corrected chi connectivity index (χ3v) is 4.85. The molecule has 7 heteroatoms. The molecule has 0 atom stereocenters. The Kier molecular flexibility index (Phi) is 4.67. The van der Waals surface area contributed by atoms with E-state index in [1.165, 1.54) is 11.3 Å². The highest BCUT2D eigenvalue weighted by molar-refractivity contribution is 7.12. The predicted molar refractivity (Wildman–Crippen MR) is 104 cm³/mol. The average Bonchev–Trinajstić information content (AvgIpc) is 3.37. The number of aromatic nitrogens is 2. The van der Waals surface area contributed by atoms with Gasteiger partial charge >= 0.3 is 5.97 Å². The van der Waals surface area contributed by atoms with Crippen LogP contribution < -0.4 is 5.32 Å². The van der Waals surface area contributed by atoms with Gasteiger partial charge in [-0.3, -0.25) is 9.78 Å². The largest absolute Gasteiger partial charge is 0.451 e. The van der Waals surface area contributed by atoms with E-state index in [-0.39, 0.29) is 6.61 Å². The lowest BCUT2D eigenvalue weighted by Crippen LogP contribution is -2.21. The molecule has 4 rings (SSSR count). The van der Waals surface area contributed by atoms with Crippen LogP contribution in [0.25, 0.3) is 16.6 Å². The predicted octanol–water partition coefficient (Wildman–Crippen LogP) is 3.88. The second-order valence-corrected chi connectivity index (χ2v) is 6.64. The van der Waals surface area contributed by atoms with E-state index in [4.69, 9.17) is 4.74 Å². The highest BCUT2D eigenvalue weighted by Crippen LogP contribution is 2.23. The van der Waals surface area contributed by atoms with E-state index in [0.29, 0.717) is 10.6 Å². The first-order valence-electron chi connectivity index (χ1n) is 8.24. The lowest BCUT2D eigenvalue weighted by Gasteiger charge is -2.09. The summed E-state index contributed by atoms with van der Waals surface area (Å²) in [4.78, 5) is 29.3. The van der Waals surface area contributed by atoms with Crippen LogP contribution in [0.15, 0.2) is 72.5 Å². The Bertz CT molecular complexity index is 1100. The summed E-state index contributed by atoms with van der Waals surface area (Å²) in [7, 11) is 0. The molecule has 3 heterocycles. The standard InChI is InChI=1S/C20H15N3O3S/c24-18(22-16-7-3-6-15-14(16)5-4-9-21-15)13-26-20(25)19-17(8-12-27-19)23-10-1-2-11-23/h1-12H,13H2,(H,22,24). The molecule has 1 N–H and O–H groups in total. The number of amides is 1. The normalized spacial score (nSPS) is 10.7. The lowest BCUT2D eigenvalue weighted by atomic mass is 10.2. The summed E-state index contributed by atoms with van der Waals surface area (Å²) in [5.41, 5.74) is 2.14. The molecule has 4 aromatic rings. The van der Waals surface area contributed by atoms with Gasteiger partial charge in [-0.25, -0.2) is 4.79 Å². The summed E-state index contributed by atoms with van der Waals surface area (Å²) in [6, 6.07) is 14.7. The molecule has 0 bridgehead atoms.